The van der Waals surface area contributed by atoms with E-state index in [4.69, 9.17) is 41.0 Å². The summed E-state index contributed by atoms with van der Waals surface area (Å²) < 4.78 is 19.5. The van der Waals surface area contributed by atoms with E-state index in [0.717, 1.165) is 97.2 Å². The Labute approximate surface area is 406 Å². The fraction of sp³-hybridized carbons (Fsp3) is 0.612. The normalized spacial score (nSPS) is 23.3. The minimum Gasteiger partial charge on any atom is -0.361 e. The average Bonchev–Trinajstić information content (AvgIpc) is 4.05. The third-order valence-corrected chi connectivity index (χ3v) is 18.9. The van der Waals surface area contributed by atoms with Crippen molar-refractivity contribution in [3.63, 3.8) is 0 Å². The minimum atomic E-state index is -1.17. The van der Waals surface area contributed by atoms with Crippen molar-refractivity contribution in [3.8, 4) is 11.1 Å². The molecule has 10 rings (SSSR count). The molecule has 2 unspecified atom stereocenters. The van der Waals surface area contributed by atoms with Gasteiger partial charge in [0.25, 0.3) is 0 Å². The summed E-state index contributed by atoms with van der Waals surface area (Å²) in [7, 11) is -2.23. The third-order valence-electron chi connectivity index (χ3n) is 14.3. The van der Waals surface area contributed by atoms with Gasteiger partial charge in [0.1, 0.15) is 36.1 Å². The van der Waals surface area contributed by atoms with Crippen LogP contribution in [0.5, 0.6) is 0 Å². The van der Waals surface area contributed by atoms with Crippen LogP contribution in [0.4, 0.5) is 11.6 Å². The topological polar surface area (TPSA) is 104 Å². The number of benzene rings is 1. The van der Waals surface area contributed by atoms with Crippen molar-refractivity contribution in [1.29, 1.82) is 0 Å². The van der Waals surface area contributed by atoms with Gasteiger partial charge in [0.2, 0.25) is 0 Å². The van der Waals surface area contributed by atoms with E-state index in [0.29, 0.717) is 42.7 Å². The molecule has 0 spiro atoms. The molecule has 4 saturated heterocycles. The second kappa shape index (κ2) is 19.1. The summed E-state index contributed by atoms with van der Waals surface area (Å²) in [5, 5.41) is 6.29. The molecule has 6 aromatic rings. The highest BCUT2D eigenvalue weighted by atomic mass is 127. The van der Waals surface area contributed by atoms with Crippen LogP contribution in [0.3, 0.4) is 0 Å². The molecule has 0 N–H and O–H groups in total. The van der Waals surface area contributed by atoms with Gasteiger partial charge in [-0.1, -0.05) is 70.8 Å². The van der Waals surface area contributed by atoms with Crippen molar-refractivity contribution >= 4 is 95.2 Å². The molecule has 0 saturated carbocycles. The Balaban J connectivity index is 0.000000174. The molecule has 1 aromatic carbocycles. The van der Waals surface area contributed by atoms with Crippen LogP contribution in [-0.4, -0.2) is 92.4 Å². The maximum Gasteiger partial charge on any atom is 0.164 e. The predicted molar refractivity (Wildman–Crippen MR) is 281 cm³/mol. The zero-order chi connectivity index (χ0) is 45.8. The number of hydrogen-bond donors (Lipinski definition) is 0. The molecular weight excluding hydrogens is 979 g/mol. The highest BCUT2D eigenvalue weighted by Crippen LogP contribution is 2.44. The molecule has 4 fully saturated rings. The van der Waals surface area contributed by atoms with Gasteiger partial charge in [0.05, 0.1) is 26.5 Å². The van der Waals surface area contributed by atoms with Crippen LogP contribution >= 0.6 is 34.2 Å². The van der Waals surface area contributed by atoms with Gasteiger partial charge in [0.15, 0.2) is 11.3 Å². The Kier molecular flexibility index (Phi) is 13.8. The lowest BCUT2D eigenvalue weighted by molar-refractivity contribution is 0.0897. The molecule has 0 amide bonds. The fourth-order valence-corrected chi connectivity index (χ4v) is 13.4. The van der Waals surface area contributed by atoms with Crippen molar-refractivity contribution in [1.82, 2.24) is 38.9 Å². The molecule has 6 atom stereocenters. The lowest BCUT2D eigenvalue weighted by atomic mass is 9.92. The van der Waals surface area contributed by atoms with Gasteiger partial charge < -0.3 is 28.4 Å². The number of ether oxygens (including phenoxy) is 2. The molecule has 16 heteroatoms. The number of aromatic nitrogens is 8. The Hall–Kier alpha value is -3.10. The van der Waals surface area contributed by atoms with Crippen LogP contribution in [-0.2, 0) is 29.5 Å². The maximum absolute atomic E-state index is 7.00. The number of hydrogen-bond acceptors (Lipinski definition) is 9. The van der Waals surface area contributed by atoms with Gasteiger partial charge in [-0.25, -0.2) is 19.9 Å². The van der Waals surface area contributed by atoms with E-state index in [1.807, 2.05) is 29.3 Å². The van der Waals surface area contributed by atoms with E-state index in [2.05, 4.69) is 125 Å². The number of anilines is 2. The van der Waals surface area contributed by atoms with Gasteiger partial charge in [-0.15, -0.1) is 0 Å². The lowest BCUT2D eigenvalue weighted by Gasteiger charge is -2.38. The van der Waals surface area contributed by atoms with Crippen molar-refractivity contribution in [2.24, 2.45) is 11.8 Å². The summed E-state index contributed by atoms with van der Waals surface area (Å²) in [6.45, 7) is 24.6. The molecule has 0 aliphatic carbocycles. The first-order valence-electron chi connectivity index (χ1n) is 24.3. The third kappa shape index (κ3) is 10.2. The van der Waals surface area contributed by atoms with Crippen molar-refractivity contribution in [3.05, 3.63) is 51.7 Å². The predicted octanol–water partition coefficient (Wildman–Crippen LogP) is 12.3. The summed E-state index contributed by atoms with van der Waals surface area (Å²) in [4.78, 5) is 25.2. The Morgan fingerprint density at radius 3 is 1.68 bits per heavy atom. The van der Waals surface area contributed by atoms with E-state index >= 15 is 0 Å². The van der Waals surface area contributed by atoms with Gasteiger partial charge in [0, 0.05) is 95.2 Å². The van der Waals surface area contributed by atoms with Crippen LogP contribution in [0.15, 0.2) is 43.1 Å². The molecular formula is C49H70ClIN10O2Si2. The molecule has 0 radical (unpaired) electrons. The van der Waals surface area contributed by atoms with E-state index in [1.165, 1.54) is 57.4 Å². The largest absolute Gasteiger partial charge is 0.361 e. The van der Waals surface area contributed by atoms with Crippen molar-refractivity contribution in [2.75, 3.05) is 23.0 Å². The number of nitrogens with zero attached hydrogens (tertiary/aromatic N) is 10. The number of piperidine rings is 2. The minimum absolute atomic E-state index is 0.455. The second-order valence-electron chi connectivity index (χ2n) is 22.0. The Morgan fingerprint density at radius 1 is 0.677 bits per heavy atom. The van der Waals surface area contributed by atoms with Crippen LogP contribution < -0.4 is 9.80 Å². The molecule has 4 bridgehead atoms. The molecule has 12 nitrogen and oxygen atoms in total. The standard InChI is InChI=1S/C29H39ClN6OSi.C20H31IN4OSi/c1-6-35-17-24-25(33-35)10-9-22(27(24)30)23-16-34(18-37-11-12-38(3,4)5)29-28(23)31-15-26(32-29)36-20-7-8-21(36)14-19(2)13-20;1-14-9-15-5-6-16(10-14)25(15)18-11-22-19-17(21)12-24(20(19)23-18)13-26-7-8-27(2,3)4/h9-10,15-17,19-21H,6-8,11-14,18H2,1-5H3;11-12,14-16H,5-10,13H2,1-4H3/t19?,20-,21+;14?,15-,16+. The number of rotatable bonds is 14. The highest BCUT2D eigenvalue weighted by molar-refractivity contribution is 14.1. The molecule has 350 valence electrons. The summed E-state index contributed by atoms with van der Waals surface area (Å²) in [6.07, 6.45) is 20.4. The SMILES string of the molecule is CC1C[C@H]2CC[C@@H](C1)N2c1cnc2c(I)cn(COCC[Si](C)(C)C)c2n1.CCn1cc2c(Cl)c(-c3cn(COCC[Si](C)(C)C)c4nc(N5[C@@H]6CC[C@H]5CC(C)C6)cnc34)ccc2n1. The molecule has 5 aromatic heterocycles. The van der Waals surface area contributed by atoms with E-state index in [-0.39, 0.29) is 0 Å². The first-order valence-corrected chi connectivity index (χ1v) is 33.2. The lowest BCUT2D eigenvalue weighted by Crippen LogP contribution is -2.43. The molecule has 4 aliphatic heterocycles. The molecule has 4 aliphatic rings. The quantitative estimate of drug-likeness (QED) is 0.0599. The summed E-state index contributed by atoms with van der Waals surface area (Å²) >= 11 is 9.36. The van der Waals surface area contributed by atoms with Crippen LogP contribution in [0.1, 0.15) is 72.1 Å². The van der Waals surface area contributed by atoms with Gasteiger partial charge in [-0.05, 0) is 111 Å². The highest BCUT2D eigenvalue weighted by Gasteiger charge is 2.41. The van der Waals surface area contributed by atoms with Gasteiger partial charge in [-0.3, -0.25) is 4.68 Å². The summed E-state index contributed by atoms with van der Waals surface area (Å²) in [6, 6.07) is 8.85. The first kappa shape index (κ1) is 47.0. The van der Waals surface area contributed by atoms with Crippen LogP contribution in [0.2, 0.25) is 56.4 Å². The van der Waals surface area contributed by atoms with Crippen molar-refractivity contribution < 1.29 is 9.47 Å². The zero-order valence-corrected chi connectivity index (χ0v) is 45.1. The monoisotopic (exact) mass is 1050 g/mol. The maximum atomic E-state index is 7.00. The van der Waals surface area contributed by atoms with Crippen molar-refractivity contribution in [2.45, 2.75) is 168 Å². The molecule has 9 heterocycles. The number of halogens is 2. The smallest absolute Gasteiger partial charge is 0.164 e. The van der Waals surface area contributed by atoms with Gasteiger partial charge >= 0.3 is 0 Å². The van der Waals surface area contributed by atoms with Crippen LogP contribution in [0, 0.1) is 15.4 Å². The summed E-state index contributed by atoms with van der Waals surface area (Å²) in [5.74, 6) is 3.67. The first-order chi connectivity index (χ1) is 31.0. The summed E-state index contributed by atoms with van der Waals surface area (Å²) in [5.41, 5.74) is 6.53. The van der Waals surface area contributed by atoms with Crippen LogP contribution in [0.25, 0.3) is 44.4 Å². The Morgan fingerprint density at radius 2 is 1.17 bits per heavy atom. The second-order valence-corrected chi connectivity index (χ2v) is 34.8. The van der Waals surface area contributed by atoms with E-state index in [9.17, 15) is 0 Å². The number of aryl methyl sites for hydroxylation is 1. The Bertz CT molecular complexity index is 2610. The van der Waals surface area contributed by atoms with E-state index < -0.39 is 16.1 Å². The zero-order valence-electron chi connectivity index (χ0n) is 40.2. The average molecular weight is 1050 g/mol. The number of fused-ring (bicyclic) bond motifs is 7. The fourth-order valence-electron chi connectivity index (χ4n) is 10.9. The van der Waals surface area contributed by atoms with E-state index in [1.54, 1.807) is 0 Å². The van der Waals surface area contributed by atoms with Gasteiger partial charge in [-0.2, -0.15) is 5.10 Å². The molecule has 65 heavy (non-hydrogen) atoms.